The molecule has 4 rings (SSSR count). The van der Waals surface area contributed by atoms with Crippen LogP contribution in [0.2, 0.25) is 5.02 Å². The molecule has 0 saturated heterocycles. The normalized spacial score (nSPS) is 11.6. The molecule has 0 radical (unpaired) electrons. The van der Waals surface area contributed by atoms with Crippen LogP contribution in [0.15, 0.2) is 70.1 Å². The zero-order chi connectivity index (χ0) is 25.7. The lowest BCUT2D eigenvalue weighted by Gasteiger charge is -2.12. The topological polar surface area (TPSA) is 107 Å². The smallest absolute Gasteiger partial charge is 0.307 e. The lowest BCUT2D eigenvalue weighted by molar-refractivity contribution is -0.136. The quantitative estimate of drug-likeness (QED) is 0.239. The molecule has 0 bridgehead atoms. The largest absolute Gasteiger partial charge is 0.493 e. The highest BCUT2D eigenvalue weighted by molar-refractivity contribution is 7.91. The van der Waals surface area contributed by atoms with E-state index >= 15 is 0 Å². The van der Waals surface area contributed by atoms with Gasteiger partial charge in [0.25, 0.3) is 0 Å². The van der Waals surface area contributed by atoms with Gasteiger partial charge in [0.05, 0.1) is 34.1 Å². The number of carboxylic acids is 1. The number of hydrogen-bond acceptors (Lipinski definition) is 6. The van der Waals surface area contributed by atoms with Crippen molar-refractivity contribution in [1.82, 2.24) is 5.16 Å². The highest BCUT2D eigenvalue weighted by Crippen LogP contribution is 2.35. The number of benzene rings is 3. The average molecular weight is 528 g/mol. The second kappa shape index (κ2) is 11.1. The summed E-state index contributed by atoms with van der Waals surface area (Å²) in [5.74, 6) is -0.522. The minimum atomic E-state index is -3.66. The number of sulfone groups is 1. The Balaban J connectivity index is 1.46. The molecular weight excluding hydrogens is 502 g/mol. The molecule has 0 fully saturated rings. The molecule has 0 spiro atoms. The number of rotatable bonds is 11. The van der Waals surface area contributed by atoms with E-state index in [9.17, 15) is 13.2 Å². The highest BCUT2D eigenvalue weighted by Gasteiger charge is 2.20. The summed E-state index contributed by atoms with van der Waals surface area (Å²) in [6.07, 6.45) is 1.63. The third-order valence-electron chi connectivity index (χ3n) is 5.75. The van der Waals surface area contributed by atoms with Crippen molar-refractivity contribution in [1.29, 1.82) is 0 Å². The molecule has 188 valence electrons. The number of aryl methyl sites for hydroxylation is 1. The van der Waals surface area contributed by atoms with Gasteiger partial charge in [0.1, 0.15) is 11.4 Å². The Labute approximate surface area is 214 Å². The second-order valence-corrected chi connectivity index (χ2v) is 10.9. The Morgan fingerprint density at radius 1 is 1.11 bits per heavy atom. The van der Waals surface area contributed by atoms with Gasteiger partial charge >= 0.3 is 5.97 Å². The standard InChI is InChI=1S/C27H26ClNO6S/c1-2-7-20-23(12-11-21-26(29-35-27(20)21)19-8-4-3-5-9-19)34-14-6-15-36(32,33)24-13-10-18(16-22(24)28)17-25(30)31/h3-5,8-13,16H,2,6-7,14-15,17H2,1H3,(H,30,31). The van der Waals surface area contributed by atoms with Gasteiger partial charge in [0.15, 0.2) is 15.4 Å². The van der Waals surface area contributed by atoms with Crippen LogP contribution in [0.4, 0.5) is 0 Å². The lowest BCUT2D eigenvalue weighted by atomic mass is 10.0. The van der Waals surface area contributed by atoms with E-state index in [1.807, 2.05) is 42.5 Å². The molecule has 7 nitrogen and oxygen atoms in total. The number of nitrogens with zero attached hydrogens (tertiary/aromatic N) is 1. The maximum atomic E-state index is 12.8. The molecule has 1 aromatic heterocycles. The van der Waals surface area contributed by atoms with Gasteiger partial charge in [-0.05, 0) is 42.7 Å². The van der Waals surface area contributed by atoms with Crippen molar-refractivity contribution in [3.8, 4) is 17.0 Å². The van der Waals surface area contributed by atoms with E-state index in [-0.39, 0.29) is 35.1 Å². The average Bonchev–Trinajstić information content (AvgIpc) is 3.27. The fourth-order valence-corrected chi connectivity index (χ4v) is 5.99. The Kier molecular flexibility index (Phi) is 7.96. The zero-order valence-electron chi connectivity index (χ0n) is 19.7. The maximum Gasteiger partial charge on any atom is 0.307 e. The second-order valence-electron chi connectivity index (χ2n) is 8.42. The molecule has 0 aliphatic heterocycles. The van der Waals surface area contributed by atoms with E-state index in [0.717, 1.165) is 35.0 Å². The number of fused-ring (bicyclic) bond motifs is 1. The van der Waals surface area contributed by atoms with Gasteiger partial charge in [-0.2, -0.15) is 0 Å². The summed E-state index contributed by atoms with van der Waals surface area (Å²) >= 11 is 6.14. The minimum Gasteiger partial charge on any atom is -0.493 e. The number of ether oxygens (including phenoxy) is 1. The molecule has 9 heteroatoms. The summed E-state index contributed by atoms with van der Waals surface area (Å²) in [5, 5.41) is 14.1. The lowest BCUT2D eigenvalue weighted by Crippen LogP contribution is -2.12. The van der Waals surface area contributed by atoms with E-state index < -0.39 is 15.8 Å². The van der Waals surface area contributed by atoms with E-state index in [1.54, 1.807) is 0 Å². The molecule has 0 amide bonds. The van der Waals surface area contributed by atoms with Crippen LogP contribution in [0.25, 0.3) is 22.2 Å². The van der Waals surface area contributed by atoms with Crippen LogP contribution in [-0.4, -0.2) is 37.0 Å². The zero-order valence-corrected chi connectivity index (χ0v) is 21.3. The van der Waals surface area contributed by atoms with Crippen LogP contribution in [0.5, 0.6) is 5.75 Å². The molecule has 0 aliphatic rings. The van der Waals surface area contributed by atoms with Crippen molar-refractivity contribution in [3.05, 3.63) is 76.8 Å². The number of carbonyl (C=O) groups is 1. The Morgan fingerprint density at radius 2 is 1.89 bits per heavy atom. The van der Waals surface area contributed by atoms with E-state index in [4.69, 9.17) is 26.0 Å². The van der Waals surface area contributed by atoms with Crippen LogP contribution >= 0.6 is 11.6 Å². The maximum absolute atomic E-state index is 12.8. The van der Waals surface area contributed by atoms with Crippen molar-refractivity contribution < 1.29 is 27.6 Å². The first-order chi connectivity index (χ1) is 17.3. The van der Waals surface area contributed by atoms with E-state index in [1.165, 1.54) is 18.2 Å². The molecule has 0 aliphatic carbocycles. The number of hydrogen-bond donors (Lipinski definition) is 1. The molecule has 4 aromatic rings. The molecule has 0 saturated carbocycles. The Hall–Kier alpha value is -3.36. The predicted molar refractivity (Wildman–Crippen MR) is 138 cm³/mol. The van der Waals surface area contributed by atoms with Gasteiger partial charge in [-0.1, -0.05) is 66.5 Å². The number of carboxylic acid groups (broad SMARTS) is 1. The van der Waals surface area contributed by atoms with Crippen LogP contribution in [-0.2, 0) is 27.5 Å². The fraction of sp³-hybridized carbons (Fsp3) is 0.259. The third-order valence-corrected chi connectivity index (χ3v) is 8.03. The summed E-state index contributed by atoms with van der Waals surface area (Å²) in [6.45, 7) is 2.25. The molecule has 1 N–H and O–H groups in total. The van der Waals surface area contributed by atoms with Crippen molar-refractivity contribution in [3.63, 3.8) is 0 Å². The summed E-state index contributed by atoms with van der Waals surface area (Å²) in [7, 11) is -3.66. The van der Waals surface area contributed by atoms with Crippen LogP contribution < -0.4 is 4.74 Å². The first-order valence-electron chi connectivity index (χ1n) is 11.6. The molecular formula is C27H26ClNO6S. The number of aliphatic carboxylic acids is 1. The van der Waals surface area contributed by atoms with Crippen LogP contribution in [0.1, 0.15) is 30.9 Å². The van der Waals surface area contributed by atoms with Gasteiger partial charge in [0, 0.05) is 11.1 Å². The Bertz CT molecular complexity index is 1480. The van der Waals surface area contributed by atoms with E-state index in [2.05, 4.69) is 12.1 Å². The van der Waals surface area contributed by atoms with Gasteiger partial charge in [-0.15, -0.1) is 0 Å². The molecule has 3 aromatic carbocycles. The van der Waals surface area contributed by atoms with Gasteiger partial charge < -0.3 is 14.4 Å². The summed E-state index contributed by atoms with van der Waals surface area (Å²) in [5.41, 5.74) is 3.76. The highest BCUT2D eigenvalue weighted by atomic mass is 35.5. The van der Waals surface area contributed by atoms with Gasteiger partial charge in [-0.3, -0.25) is 4.79 Å². The molecule has 0 unspecified atom stereocenters. The third kappa shape index (κ3) is 5.71. The van der Waals surface area contributed by atoms with Crippen LogP contribution in [0, 0.1) is 0 Å². The molecule has 0 atom stereocenters. The monoisotopic (exact) mass is 527 g/mol. The van der Waals surface area contributed by atoms with E-state index in [0.29, 0.717) is 16.9 Å². The number of aromatic nitrogens is 1. The van der Waals surface area contributed by atoms with Crippen molar-refractivity contribution in [2.75, 3.05) is 12.4 Å². The van der Waals surface area contributed by atoms with Crippen LogP contribution in [0.3, 0.4) is 0 Å². The SMILES string of the molecule is CCCc1c(OCCCS(=O)(=O)c2ccc(CC(=O)O)cc2Cl)ccc2c(-c3ccccc3)noc12. The van der Waals surface area contributed by atoms with Crippen molar-refractivity contribution in [2.45, 2.75) is 37.5 Å². The first-order valence-corrected chi connectivity index (χ1v) is 13.7. The summed E-state index contributed by atoms with van der Waals surface area (Å²) in [4.78, 5) is 10.9. The summed E-state index contributed by atoms with van der Waals surface area (Å²) in [6, 6.07) is 17.8. The fourth-order valence-electron chi connectivity index (χ4n) is 4.09. The van der Waals surface area contributed by atoms with Crippen molar-refractivity contribution >= 4 is 38.4 Å². The minimum absolute atomic E-state index is 0.0125. The summed E-state index contributed by atoms with van der Waals surface area (Å²) < 4.78 is 37.3. The van der Waals surface area contributed by atoms with Crippen molar-refractivity contribution in [2.24, 2.45) is 0 Å². The molecule has 1 heterocycles. The first kappa shape index (κ1) is 25.7. The Morgan fingerprint density at radius 3 is 2.58 bits per heavy atom. The van der Waals surface area contributed by atoms with Gasteiger partial charge in [-0.25, -0.2) is 8.42 Å². The number of halogens is 1. The predicted octanol–water partition coefficient (Wildman–Crippen LogP) is 5.97. The molecule has 36 heavy (non-hydrogen) atoms. The van der Waals surface area contributed by atoms with Gasteiger partial charge in [0.2, 0.25) is 0 Å².